The summed E-state index contributed by atoms with van der Waals surface area (Å²) in [7, 11) is 0. The summed E-state index contributed by atoms with van der Waals surface area (Å²) in [6.45, 7) is 2.27. The van der Waals surface area contributed by atoms with Crippen molar-refractivity contribution in [3.05, 3.63) is 35.8 Å². The van der Waals surface area contributed by atoms with Crippen LogP contribution in [-0.4, -0.2) is 18.1 Å². The summed E-state index contributed by atoms with van der Waals surface area (Å²) < 4.78 is 0. The minimum Gasteiger partial charge on any atom is -0.355 e. The maximum absolute atomic E-state index is 4.39. The van der Waals surface area contributed by atoms with Crippen LogP contribution in [0.25, 0.3) is 10.4 Å². The van der Waals surface area contributed by atoms with Crippen molar-refractivity contribution in [2.24, 2.45) is 0 Å². The molecule has 2 aromatic rings. The molecule has 0 saturated carbocycles. The average Bonchev–Trinajstić information content (AvgIpc) is 3.01. The zero-order valence-corrected chi connectivity index (χ0v) is 9.83. The minimum absolute atomic E-state index is 1.12. The molecule has 3 rings (SSSR count). The molecule has 0 spiro atoms. The Morgan fingerprint density at radius 2 is 1.88 bits per heavy atom. The first-order valence-electron chi connectivity index (χ1n) is 5.62. The van der Waals surface area contributed by atoms with Crippen molar-refractivity contribution < 1.29 is 0 Å². The first kappa shape index (κ1) is 9.85. The second-order valence-electron chi connectivity index (χ2n) is 4.02. The third-order valence-electron chi connectivity index (χ3n) is 2.94. The Hall–Kier alpha value is -1.35. The van der Waals surface area contributed by atoms with Crippen molar-refractivity contribution in [2.45, 2.75) is 12.8 Å². The normalized spacial score (nSPS) is 15.6. The second kappa shape index (κ2) is 4.26. The van der Waals surface area contributed by atoms with Crippen molar-refractivity contribution in [2.75, 3.05) is 18.0 Å². The van der Waals surface area contributed by atoms with E-state index in [0.29, 0.717) is 0 Å². The molecule has 16 heavy (non-hydrogen) atoms. The lowest BCUT2D eigenvalue weighted by Crippen LogP contribution is -2.18. The topological polar surface area (TPSA) is 16.1 Å². The SMILES string of the molecule is [c]1nc(N2CCCC2)c(-c2ccccc2)s1. The van der Waals surface area contributed by atoms with E-state index in [1.165, 1.54) is 23.3 Å². The Labute approximate surface area is 99.6 Å². The third-order valence-corrected chi connectivity index (χ3v) is 3.75. The van der Waals surface area contributed by atoms with Crippen molar-refractivity contribution >= 4 is 17.2 Å². The first-order chi connectivity index (χ1) is 7.95. The highest BCUT2D eigenvalue weighted by Crippen LogP contribution is 2.34. The summed E-state index contributed by atoms with van der Waals surface area (Å²) in [5.41, 5.74) is 4.28. The molecule has 1 fully saturated rings. The van der Waals surface area contributed by atoms with E-state index in [9.17, 15) is 0 Å². The van der Waals surface area contributed by atoms with Crippen LogP contribution in [0.1, 0.15) is 12.8 Å². The van der Waals surface area contributed by atoms with E-state index in [0.717, 1.165) is 18.9 Å². The number of rotatable bonds is 2. The van der Waals surface area contributed by atoms with Gasteiger partial charge >= 0.3 is 0 Å². The minimum atomic E-state index is 1.12. The Morgan fingerprint density at radius 1 is 1.12 bits per heavy atom. The fourth-order valence-electron chi connectivity index (χ4n) is 2.13. The number of anilines is 1. The van der Waals surface area contributed by atoms with Gasteiger partial charge in [0.25, 0.3) is 0 Å². The van der Waals surface area contributed by atoms with E-state index in [-0.39, 0.29) is 0 Å². The van der Waals surface area contributed by atoms with Crippen molar-refractivity contribution in [1.82, 2.24) is 4.98 Å². The van der Waals surface area contributed by atoms with Gasteiger partial charge in [-0.05, 0) is 18.4 Å². The van der Waals surface area contributed by atoms with E-state index in [4.69, 9.17) is 0 Å². The van der Waals surface area contributed by atoms with Gasteiger partial charge in [-0.1, -0.05) is 30.3 Å². The molecule has 0 bridgehead atoms. The van der Waals surface area contributed by atoms with Crippen molar-refractivity contribution in [3.63, 3.8) is 0 Å². The lowest BCUT2D eigenvalue weighted by molar-refractivity contribution is 0.947. The number of nitrogens with zero attached hydrogens (tertiary/aromatic N) is 2. The van der Waals surface area contributed by atoms with Gasteiger partial charge in [0.15, 0.2) is 5.51 Å². The molecular weight excluding hydrogens is 216 g/mol. The van der Waals surface area contributed by atoms with E-state index in [1.54, 1.807) is 11.3 Å². The highest BCUT2D eigenvalue weighted by atomic mass is 32.1. The molecule has 1 radical (unpaired) electrons. The molecule has 2 heterocycles. The third kappa shape index (κ3) is 1.71. The summed E-state index contributed by atoms with van der Waals surface area (Å²) in [6, 6.07) is 10.5. The summed E-state index contributed by atoms with van der Waals surface area (Å²) in [4.78, 5) is 8.02. The van der Waals surface area contributed by atoms with Gasteiger partial charge < -0.3 is 4.90 Å². The van der Waals surface area contributed by atoms with Gasteiger partial charge in [0.2, 0.25) is 0 Å². The Morgan fingerprint density at radius 3 is 2.62 bits per heavy atom. The van der Waals surface area contributed by atoms with Gasteiger partial charge in [0.05, 0.1) is 4.88 Å². The maximum Gasteiger partial charge on any atom is 0.155 e. The van der Waals surface area contributed by atoms with E-state index >= 15 is 0 Å². The molecule has 1 saturated heterocycles. The zero-order chi connectivity index (χ0) is 10.8. The fraction of sp³-hybridized carbons (Fsp3) is 0.308. The molecule has 2 nitrogen and oxygen atoms in total. The summed E-state index contributed by atoms with van der Waals surface area (Å²) >= 11 is 1.61. The van der Waals surface area contributed by atoms with Crippen LogP contribution >= 0.6 is 11.3 Å². The smallest absolute Gasteiger partial charge is 0.155 e. The van der Waals surface area contributed by atoms with Gasteiger partial charge in [-0.3, -0.25) is 0 Å². The Bertz CT molecular complexity index is 458. The van der Waals surface area contributed by atoms with Gasteiger partial charge in [0.1, 0.15) is 5.82 Å². The quantitative estimate of drug-likeness (QED) is 0.786. The van der Waals surface area contributed by atoms with Crippen molar-refractivity contribution in [3.8, 4) is 10.4 Å². The van der Waals surface area contributed by atoms with Crippen LogP contribution in [0.4, 0.5) is 5.82 Å². The van der Waals surface area contributed by atoms with Gasteiger partial charge in [-0.15, -0.1) is 11.3 Å². The first-order valence-corrected chi connectivity index (χ1v) is 6.44. The van der Waals surface area contributed by atoms with Crippen molar-refractivity contribution in [1.29, 1.82) is 0 Å². The van der Waals surface area contributed by atoms with E-state index < -0.39 is 0 Å². The summed E-state index contributed by atoms with van der Waals surface area (Å²) in [6.07, 6.45) is 2.57. The molecule has 1 aliphatic rings. The summed E-state index contributed by atoms with van der Waals surface area (Å²) in [5.74, 6) is 1.12. The van der Waals surface area contributed by atoms with E-state index in [1.807, 2.05) is 6.07 Å². The standard InChI is InChI=1S/C13H13N2S/c1-2-6-11(7-3-1)12-13(14-10-16-12)15-8-4-5-9-15/h1-3,6-7H,4-5,8-9H2. The Balaban J connectivity index is 1.99. The number of hydrogen-bond donors (Lipinski definition) is 0. The number of thiazole rings is 1. The molecule has 0 aliphatic carbocycles. The van der Waals surface area contributed by atoms with Crippen LogP contribution in [0.3, 0.4) is 0 Å². The average molecular weight is 229 g/mol. The molecule has 0 atom stereocenters. The van der Waals surface area contributed by atoms with Crippen LogP contribution in [0, 0.1) is 5.51 Å². The van der Waals surface area contributed by atoms with Crippen LogP contribution in [-0.2, 0) is 0 Å². The maximum atomic E-state index is 4.39. The highest BCUT2D eigenvalue weighted by molar-refractivity contribution is 7.13. The number of benzene rings is 1. The van der Waals surface area contributed by atoms with Crippen LogP contribution in [0.15, 0.2) is 30.3 Å². The van der Waals surface area contributed by atoms with Crippen LogP contribution < -0.4 is 4.90 Å². The molecule has 1 aromatic heterocycles. The highest BCUT2D eigenvalue weighted by Gasteiger charge is 2.18. The fourth-order valence-corrected chi connectivity index (χ4v) is 2.87. The number of aromatic nitrogens is 1. The molecule has 81 valence electrons. The van der Waals surface area contributed by atoms with Gasteiger partial charge in [0, 0.05) is 13.1 Å². The lowest BCUT2D eigenvalue weighted by atomic mass is 10.2. The lowest BCUT2D eigenvalue weighted by Gasteiger charge is -2.16. The molecular formula is C13H13N2S. The second-order valence-corrected chi connectivity index (χ2v) is 4.81. The molecule has 0 amide bonds. The monoisotopic (exact) mass is 229 g/mol. The van der Waals surface area contributed by atoms with E-state index in [2.05, 4.69) is 39.7 Å². The molecule has 0 unspecified atom stereocenters. The van der Waals surface area contributed by atoms with Crippen LogP contribution in [0.2, 0.25) is 0 Å². The molecule has 1 aromatic carbocycles. The molecule has 3 heteroatoms. The van der Waals surface area contributed by atoms with Crippen LogP contribution in [0.5, 0.6) is 0 Å². The van der Waals surface area contributed by atoms with Gasteiger partial charge in [-0.2, -0.15) is 0 Å². The zero-order valence-electron chi connectivity index (χ0n) is 9.02. The largest absolute Gasteiger partial charge is 0.355 e. The molecule has 1 aliphatic heterocycles. The van der Waals surface area contributed by atoms with Gasteiger partial charge in [-0.25, -0.2) is 4.98 Å². The number of hydrogen-bond acceptors (Lipinski definition) is 3. The predicted octanol–water partition coefficient (Wildman–Crippen LogP) is 3.21. The molecule has 0 N–H and O–H groups in total. The Kier molecular flexibility index (Phi) is 2.62. The predicted molar refractivity (Wildman–Crippen MR) is 67.8 cm³/mol. The summed E-state index contributed by atoms with van der Waals surface area (Å²) in [5, 5.41) is 0.